The van der Waals surface area contributed by atoms with E-state index in [1.807, 2.05) is 12.4 Å². The Bertz CT molecular complexity index is 709. The summed E-state index contributed by atoms with van der Waals surface area (Å²) in [5.41, 5.74) is 4.84. The molecule has 0 fully saturated rings. The largest absolute Gasteiger partial charge is 0.316 e. The van der Waals surface area contributed by atoms with E-state index in [1.54, 1.807) is 11.3 Å². The van der Waals surface area contributed by atoms with Crippen molar-refractivity contribution < 1.29 is 0 Å². The number of hydrogen-bond acceptors (Lipinski definition) is 3. The van der Waals surface area contributed by atoms with Crippen LogP contribution in [0.25, 0.3) is 16.1 Å². The normalized spacial score (nSPS) is 11.6. The molecule has 98 valence electrons. The molecule has 3 aromatic heterocycles. The van der Waals surface area contributed by atoms with E-state index in [9.17, 15) is 0 Å². The topological polar surface area (TPSA) is 20.5 Å². The summed E-state index contributed by atoms with van der Waals surface area (Å²) in [6, 6.07) is 6.54. The molecule has 3 rings (SSSR count). The van der Waals surface area contributed by atoms with Crippen LogP contribution < -0.4 is 0 Å². The first kappa shape index (κ1) is 12.4. The quantitative estimate of drug-likeness (QED) is 0.727. The summed E-state index contributed by atoms with van der Waals surface area (Å²) >= 11 is 1.75. The maximum absolute atomic E-state index is 4.56. The van der Waals surface area contributed by atoms with Crippen LogP contribution in [0.5, 0.6) is 0 Å². The Labute approximate surface area is 117 Å². The zero-order valence-electron chi connectivity index (χ0n) is 11.4. The standard InChI is InChI=1S/C15H17N3S/c1-11-8-14(19-10-11)15-13-5-4-12(9-17(2)3)18(13)7-6-16-15/h4-8,10H,9H2,1-3H3. The van der Waals surface area contributed by atoms with Gasteiger partial charge in [0.25, 0.3) is 0 Å². The van der Waals surface area contributed by atoms with Gasteiger partial charge in [-0.25, -0.2) is 0 Å². The Kier molecular flexibility index (Phi) is 3.12. The highest BCUT2D eigenvalue weighted by molar-refractivity contribution is 7.13. The second-order valence-corrected chi connectivity index (χ2v) is 5.99. The highest BCUT2D eigenvalue weighted by atomic mass is 32.1. The summed E-state index contributed by atoms with van der Waals surface area (Å²) in [7, 11) is 4.17. The lowest BCUT2D eigenvalue weighted by molar-refractivity contribution is 0.395. The minimum absolute atomic E-state index is 0.932. The molecule has 4 heteroatoms. The summed E-state index contributed by atoms with van der Waals surface area (Å²) in [5.74, 6) is 0. The lowest BCUT2D eigenvalue weighted by Crippen LogP contribution is -2.12. The summed E-state index contributed by atoms with van der Waals surface area (Å²) < 4.78 is 2.23. The van der Waals surface area contributed by atoms with Gasteiger partial charge in [0, 0.05) is 24.6 Å². The Hall–Kier alpha value is -1.65. The number of aromatic nitrogens is 2. The fourth-order valence-corrected chi connectivity index (χ4v) is 3.20. The Balaban J connectivity index is 2.14. The van der Waals surface area contributed by atoms with Gasteiger partial charge in [-0.05, 0) is 50.2 Å². The molecule has 0 saturated heterocycles. The van der Waals surface area contributed by atoms with Crippen molar-refractivity contribution in [2.75, 3.05) is 14.1 Å². The Morgan fingerprint density at radius 3 is 2.84 bits per heavy atom. The van der Waals surface area contributed by atoms with E-state index >= 15 is 0 Å². The second-order valence-electron chi connectivity index (χ2n) is 5.08. The van der Waals surface area contributed by atoms with Crippen molar-refractivity contribution >= 4 is 16.9 Å². The van der Waals surface area contributed by atoms with Crippen molar-refractivity contribution in [1.82, 2.24) is 14.3 Å². The predicted molar refractivity (Wildman–Crippen MR) is 80.6 cm³/mol. The number of aryl methyl sites for hydroxylation is 1. The first-order valence-electron chi connectivity index (χ1n) is 6.30. The van der Waals surface area contributed by atoms with Gasteiger partial charge in [-0.15, -0.1) is 11.3 Å². The van der Waals surface area contributed by atoms with E-state index in [2.05, 4.69) is 58.9 Å². The van der Waals surface area contributed by atoms with Gasteiger partial charge in [-0.3, -0.25) is 4.98 Å². The van der Waals surface area contributed by atoms with Crippen LogP contribution in [-0.4, -0.2) is 28.4 Å². The van der Waals surface area contributed by atoms with Gasteiger partial charge >= 0.3 is 0 Å². The number of thiophene rings is 1. The van der Waals surface area contributed by atoms with Gasteiger partial charge in [0.2, 0.25) is 0 Å². The summed E-state index contributed by atoms with van der Waals surface area (Å²) in [5, 5.41) is 2.17. The van der Waals surface area contributed by atoms with Crippen molar-refractivity contribution in [3.05, 3.63) is 47.2 Å². The molecule has 0 atom stereocenters. The SMILES string of the molecule is Cc1csc(-c2nccn3c(CN(C)C)ccc23)c1. The number of rotatable bonds is 3. The maximum atomic E-state index is 4.56. The van der Waals surface area contributed by atoms with Gasteiger partial charge in [0.1, 0.15) is 5.69 Å². The van der Waals surface area contributed by atoms with Crippen LogP contribution >= 0.6 is 11.3 Å². The van der Waals surface area contributed by atoms with Crippen LogP contribution in [0, 0.1) is 6.92 Å². The zero-order chi connectivity index (χ0) is 13.4. The molecular formula is C15H17N3S. The smallest absolute Gasteiger partial charge is 0.104 e. The maximum Gasteiger partial charge on any atom is 0.104 e. The van der Waals surface area contributed by atoms with Crippen molar-refractivity contribution in [3.63, 3.8) is 0 Å². The van der Waals surface area contributed by atoms with E-state index in [4.69, 9.17) is 0 Å². The van der Waals surface area contributed by atoms with Crippen LogP contribution in [-0.2, 0) is 6.54 Å². The third-order valence-corrected chi connectivity index (χ3v) is 4.16. The second kappa shape index (κ2) is 4.79. The molecule has 3 nitrogen and oxygen atoms in total. The molecule has 0 radical (unpaired) electrons. The van der Waals surface area contributed by atoms with E-state index in [0.717, 1.165) is 12.2 Å². The molecule has 3 aromatic rings. The van der Waals surface area contributed by atoms with E-state index in [0.29, 0.717) is 0 Å². The van der Waals surface area contributed by atoms with Crippen molar-refractivity contribution in [1.29, 1.82) is 0 Å². The number of nitrogens with zero attached hydrogens (tertiary/aromatic N) is 3. The molecule has 3 heterocycles. The monoisotopic (exact) mass is 271 g/mol. The van der Waals surface area contributed by atoms with Gasteiger partial charge in [-0.2, -0.15) is 0 Å². The minimum atomic E-state index is 0.932. The van der Waals surface area contributed by atoms with E-state index < -0.39 is 0 Å². The van der Waals surface area contributed by atoms with Crippen LogP contribution in [0.1, 0.15) is 11.3 Å². The van der Waals surface area contributed by atoms with Gasteiger partial charge in [-0.1, -0.05) is 0 Å². The molecule has 0 amide bonds. The first-order valence-corrected chi connectivity index (χ1v) is 7.18. The Morgan fingerprint density at radius 2 is 2.16 bits per heavy atom. The van der Waals surface area contributed by atoms with Gasteiger partial charge in [0.05, 0.1) is 10.4 Å². The van der Waals surface area contributed by atoms with Gasteiger partial charge < -0.3 is 9.30 Å². The van der Waals surface area contributed by atoms with Gasteiger partial charge in [0.15, 0.2) is 0 Å². The molecule has 0 aliphatic carbocycles. The molecule has 0 aliphatic heterocycles. The van der Waals surface area contributed by atoms with Crippen LogP contribution in [0.2, 0.25) is 0 Å². The molecule has 0 N–H and O–H groups in total. The van der Waals surface area contributed by atoms with Crippen LogP contribution in [0.4, 0.5) is 0 Å². The summed E-state index contributed by atoms with van der Waals surface area (Å²) in [6.45, 7) is 3.05. The first-order chi connectivity index (χ1) is 9.15. The molecule has 0 bridgehead atoms. The predicted octanol–water partition coefficient (Wildman–Crippen LogP) is 3.43. The molecule has 0 aliphatic rings. The van der Waals surface area contributed by atoms with Crippen molar-refractivity contribution in [2.24, 2.45) is 0 Å². The lowest BCUT2D eigenvalue weighted by atomic mass is 10.2. The minimum Gasteiger partial charge on any atom is -0.316 e. The number of fused-ring (bicyclic) bond motifs is 1. The average molecular weight is 271 g/mol. The fourth-order valence-electron chi connectivity index (χ4n) is 2.30. The highest BCUT2D eigenvalue weighted by Crippen LogP contribution is 2.29. The zero-order valence-corrected chi connectivity index (χ0v) is 12.2. The summed E-state index contributed by atoms with van der Waals surface area (Å²) in [6.07, 6.45) is 3.93. The number of hydrogen-bond donors (Lipinski definition) is 0. The van der Waals surface area contributed by atoms with E-state index in [1.165, 1.54) is 21.7 Å². The molecule has 0 unspecified atom stereocenters. The van der Waals surface area contributed by atoms with Crippen LogP contribution in [0.15, 0.2) is 36.0 Å². The van der Waals surface area contributed by atoms with Crippen molar-refractivity contribution in [3.8, 4) is 10.6 Å². The molecule has 0 saturated carbocycles. The lowest BCUT2D eigenvalue weighted by Gasteiger charge is -2.10. The molecule has 0 spiro atoms. The highest BCUT2D eigenvalue weighted by Gasteiger charge is 2.10. The molecule has 0 aromatic carbocycles. The fraction of sp³-hybridized carbons (Fsp3) is 0.267. The third kappa shape index (κ3) is 2.29. The summed E-state index contributed by atoms with van der Waals surface area (Å²) in [4.78, 5) is 7.97. The Morgan fingerprint density at radius 1 is 1.32 bits per heavy atom. The molecular weight excluding hydrogens is 254 g/mol. The van der Waals surface area contributed by atoms with E-state index in [-0.39, 0.29) is 0 Å². The third-order valence-electron chi connectivity index (χ3n) is 3.11. The van der Waals surface area contributed by atoms with Crippen molar-refractivity contribution in [2.45, 2.75) is 13.5 Å². The average Bonchev–Trinajstić information content (AvgIpc) is 2.96. The molecule has 19 heavy (non-hydrogen) atoms. The van der Waals surface area contributed by atoms with Crippen LogP contribution in [0.3, 0.4) is 0 Å².